The van der Waals surface area contributed by atoms with Crippen LogP contribution < -0.4 is 0 Å². The van der Waals surface area contributed by atoms with Crippen LogP contribution in [0.1, 0.15) is 32.4 Å². The number of H-pyrrole nitrogens is 1. The van der Waals surface area contributed by atoms with Gasteiger partial charge < -0.3 is 9.64 Å². The molecule has 7 nitrogen and oxygen atoms in total. The third-order valence-corrected chi connectivity index (χ3v) is 3.99. The van der Waals surface area contributed by atoms with Gasteiger partial charge in [0.2, 0.25) is 0 Å². The fourth-order valence-electron chi connectivity index (χ4n) is 2.11. The lowest BCUT2D eigenvalue weighted by Crippen LogP contribution is -2.42. The molecule has 8 heteroatoms. The Morgan fingerprint density at radius 1 is 1.55 bits per heavy atom. The Kier molecular flexibility index (Phi) is 3.49. The van der Waals surface area contributed by atoms with Crippen LogP contribution in [0.3, 0.4) is 0 Å². The van der Waals surface area contributed by atoms with Crippen LogP contribution in [-0.2, 0) is 4.74 Å². The van der Waals surface area contributed by atoms with Crippen LogP contribution in [0.25, 0.3) is 0 Å². The molecule has 1 aliphatic rings. The number of rotatable bonds is 2. The predicted octanol–water partition coefficient (Wildman–Crippen LogP) is 1.09. The quantitative estimate of drug-likeness (QED) is 0.896. The molecule has 0 saturated carbocycles. The van der Waals surface area contributed by atoms with Gasteiger partial charge in [-0.3, -0.25) is 9.89 Å². The molecule has 0 aliphatic carbocycles. The molecule has 106 valence electrons. The smallest absolute Gasteiger partial charge is 0.265 e. The summed E-state index contributed by atoms with van der Waals surface area (Å²) in [6.45, 7) is 5.26. The lowest BCUT2D eigenvalue weighted by atomic mass is 10.2. The Hall–Kier alpha value is -1.80. The molecule has 2 aromatic heterocycles. The van der Waals surface area contributed by atoms with Crippen LogP contribution in [0, 0.1) is 13.8 Å². The summed E-state index contributed by atoms with van der Waals surface area (Å²) in [4.78, 5) is 23.2. The Morgan fingerprint density at radius 2 is 2.40 bits per heavy atom. The molecule has 1 amide bonds. The molecule has 0 aromatic carbocycles. The zero-order chi connectivity index (χ0) is 14.1. The van der Waals surface area contributed by atoms with Gasteiger partial charge in [0.25, 0.3) is 5.91 Å². The molecule has 1 fully saturated rings. The zero-order valence-corrected chi connectivity index (χ0v) is 12.1. The highest BCUT2D eigenvalue weighted by Crippen LogP contribution is 2.22. The normalized spacial score (nSPS) is 19.3. The maximum Gasteiger partial charge on any atom is 0.265 e. The van der Waals surface area contributed by atoms with Gasteiger partial charge >= 0.3 is 0 Å². The lowest BCUT2D eigenvalue weighted by molar-refractivity contribution is -0.0265. The number of carbonyl (C=O) groups excluding carboxylic acids is 1. The number of carbonyl (C=O) groups is 1. The van der Waals surface area contributed by atoms with Crippen LogP contribution in [0.4, 0.5) is 0 Å². The summed E-state index contributed by atoms with van der Waals surface area (Å²) < 4.78 is 5.65. The van der Waals surface area contributed by atoms with Crippen molar-refractivity contribution in [2.45, 2.75) is 20.0 Å². The molecule has 3 heterocycles. The predicted molar refractivity (Wildman–Crippen MR) is 72.6 cm³/mol. The lowest BCUT2D eigenvalue weighted by Gasteiger charge is -2.31. The second kappa shape index (κ2) is 5.29. The van der Waals surface area contributed by atoms with E-state index < -0.39 is 0 Å². The van der Waals surface area contributed by atoms with Crippen LogP contribution in [-0.4, -0.2) is 50.7 Å². The van der Waals surface area contributed by atoms with Crippen LogP contribution in [0.5, 0.6) is 0 Å². The van der Waals surface area contributed by atoms with E-state index in [0.717, 1.165) is 10.8 Å². The third-order valence-electron chi connectivity index (χ3n) is 3.09. The molecule has 0 bridgehead atoms. The minimum absolute atomic E-state index is 0.00356. The first-order chi connectivity index (χ1) is 9.63. The largest absolute Gasteiger partial charge is 0.366 e. The number of nitrogens with zero attached hydrogens (tertiary/aromatic N) is 4. The van der Waals surface area contributed by atoms with Crippen molar-refractivity contribution in [3.63, 3.8) is 0 Å². The highest BCUT2D eigenvalue weighted by Gasteiger charge is 2.29. The van der Waals surface area contributed by atoms with Crippen molar-refractivity contribution in [3.05, 3.63) is 27.7 Å². The molecule has 0 unspecified atom stereocenters. The molecule has 1 saturated heterocycles. The number of hydrogen-bond donors (Lipinski definition) is 1. The van der Waals surface area contributed by atoms with Gasteiger partial charge in [-0.1, -0.05) is 0 Å². The van der Waals surface area contributed by atoms with E-state index in [-0.39, 0.29) is 12.0 Å². The SMILES string of the molecule is Cc1nc([C@@H]2CN(C(=O)c3cnc(C)s3)CCO2)n[nH]1. The number of thiazole rings is 1. The molecule has 1 N–H and O–H groups in total. The molecule has 1 atom stereocenters. The topological polar surface area (TPSA) is 84.0 Å². The minimum Gasteiger partial charge on any atom is -0.366 e. The van der Waals surface area contributed by atoms with Crippen molar-refractivity contribution in [1.29, 1.82) is 0 Å². The first-order valence-corrected chi connectivity index (χ1v) is 7.17. The van der Waals surface area contributed by atoms with E-state index in [1.807, 2.05) is 13.8 Å². The average molecular weight is 293 g/mol. The van der Waals surface area contributed by atoms with Crippen LogP contribution >= 0.6 is 11.3 Å². The van der Waals surface area contributed by atoms with E-state index in [4.69, 9.17) is 4.74 Å². The standard InChI is InChI=1S/C12H15N5O2S/c1-7-14-11(16-15-7)9-6-17(3-4-19-9)12(18)10-5-13-8(2)20-10/h5,9H,3-4,6H2,1-2H3,(H,14,15,16)/t9-/m0/s1. The Bertz CT molecular complexity index is 623. The van der Waals surface area contributed by atoms with Crippen molar-refractivity contribution < 1.29 is 9.53 Å². The summed E-state index contributed by atoms with van der Waals surface area (Å²) in [6.07, 6.45) is 1.36. The van der Waals surface area contributed by atoms with Gasteiger partial charge in [-0.05, 0) is 13.8 Å². The Labute approximate surface area is 120 Å². The van der Waals surface area contributed by atoms with Crippen molar-refractivity contribution >= 4 is 17.2 Å². The summed E-state index contributed by atoms with van der Waals surface area (Å²) in [5, 5.41) is 7.79. The molecule has 20 heavy (non-hydrogen) atoms. The number of aromatic nitrogens is 4. The van der Waals surface area contributed by atoms with Gasteiger partial charge in [0.1, 0.15) is 16.8 Å². The summed E-state index contributed by atoms with van der Waals surface area (Å²) in [5.41, 5.74) is 0. The van der Waals surface area contributed by atoms with Gasteiger partial charge in [0.05, 0.1) is 24.4 Å². The first kappa shape index (κ1) is 13.2. The molecule has 1 aliphatic heterocycles. The van der Waals surface area contributed by atoms with E-state index in [2.05, 4.69) is 20.2 Å². The molecule has 3 rings (SSSR count). The Balaban J connectivity index is 1.73. The maximum absolute atomic E-state index is 12.4. The van der Waals surface area contributed by atoms with Crippen LogP contribution in [0.15, 0.2) is 6.20 Å². The minimum atomic E-state index is -0.272. The highest BCUT2D eigenvalue weighted by molar-refractivity contribution is 7.13. The van der Waals surface area contributed by atoms with E-state index in [1.165, 1.54) is 11.3 Å². The number of amides is 1. The molecule has 0 spiro atoms. The summed E-state index contributed by atoms with van der Waals surface area (Å²) in [6, 6.07) is 0. The summed E-state index contributed by atoms with van der Waals surface area (Å²) in [7, 11) is 0. The number of hydrogen-bond acceptors (Lipinski definition) is 6. The molecule has 2 aromatic rings. The number of aryl methyl sites for hydroxylation is 2. The van der Waals surface area contributed by atoms with E-state index in [1.54, 1.807) is 11.1 Å². The monoisotopic (exact) mass is 293 g/mol. The van der Waals surface area contributed by atoms with Gasteiger partial charge in [0, 0.05) is 6.54 Å². The van der Waals surface area contributed by atoms with Gasteiger partial charge in [0.15, 0.2) is 5.82 Å². The average Bonchev–Trinajstić information content (AvgIpc) is 3.07. The van der Waals surface area contributed by atoms with Crippen molar-refractivity contribution in [3.8, 4) is 0 Å². The van der Waals surface area contributed by atoms with E-state index in [0.29, 0.717) is 30.4 Å². The van der Waals surface area contributed by atoms with Crippen molar-refractivity contribution in [2.24, 2.45) is 0 Å². The number of aromatic amines is 1. The number of ether oxygens (including phenoxy) is 1. The van der Waals surface area contributed by atoms with Crippen molar-refractivity contribution in [1.82, 2.24) is 25.1 Å². The molecular formula is C12H15N5O2S. The van der Waals surface area contributed by atoms with Crippen LogP contribution in [0.2, 0.25) is 0 Å². The fourth-order valence-corrected chi connectivity index (χ4v) is 2.86. The highest BCUT2D eigenvalue weighted by atomic mass is 32.1. The summed E-state index contributed by atoms with van der Waals surface area (Å²) in [5.74, 6) is 1.33. The van der Waals surface area contributed by atoms with Crippen molar-refractivity contribution in [2.75, 3.05) is 19.7 Å². The third kappa shape index (κ3) is 2.56. The van der Waals surface area contributed by atoms with E-state index >= 15 is 0 Å². The molecular weight excluding hydrogens is 278 g/mol. The van der Waals surface area contributed by atoms with Gasteiger partial charge in [-0.2, -0.15) is 5.10 Å². The van der Waals surface area contributed by atoms with Gasteiger partial charge in [-0.15, -0.1) is 11.3 Å². The second-order valence-electron chi connectivity index (χ2n) is 4.63. The number of nitrogens with one attached hydrogen (secondary N) is 1. The Morgan fingerprint density at radius 3 is 3.05 bits per heavy atom. The first-order valence-electron chi connectivity index (χ1n) is 6.35. The maximum atomic E-state index is 12.4. The summed E-state index contributed by atoms with van der Waals surface area (Å²) >= 11 is 1.41. The van der Waals surface area contributed by atoms with E-state index in [9.17, 15) is 4.79 Å². The molecule has 0 radical (unpaired) electrons. The number of morpholine rings is 1. The van der Waals surface area contributed by atoms with Gasteiger partial charge in [-0.25, -0.2) is 9.97 Å². The fraction of sp³-hybridized carbons (Fsp3) is 0.500. The zero-order valence-electron chi connectivity index (χ0n) is 11.3. The second-order valence-corrected chi connectivity index (χ2v) is 5.87.